The zero-order valence-corrected chi connectivity index (χ0v) is 9.23. The maximum absolute atomic E-state index is 13.3. The van der Waals surface area contributed by atoms with E-state index in [-0.39, 0.29) is 5.82 Å². The Bertz CT molecular complexity index is 334. The molecule has 1 N–H and O–H groups in total. The molecule has 0 spiro atoms. The van der Waals surface area contributed by atoms with Crippen molar-refractivity contribution in [3.05, 3.63) is 35.6 Å². The first-order valence-electron chi connectivity index (χ1n) is 5.75. The Morgan fingerprint density at radius 2 is 2.25 bits per heavy atom. The molecule has 88 valence electrons. The molecule has 1 saturated heterocycles. The molecule has 2 atom stereocenters. The normalized spacial score (nSPS) is 22.2. The number of hydrogen-bond donors (Lipinski definition) is 1. The summed E-state index contributed by atoms with van der Waals surface area (Å²) < 4.78 is 18.6. The molecule has 1 aromatic rings. The average molecular weight is 224 g/mol. The van der Waals surface area contributed by atoms with E-state index in [1.54, 1.807) is 18.2 Å². The Kier molecular flexibility index (Phi) is 3.91. The zero-order chi connectivity index (χ0) is 11.4. The van der Waals surface area contributed by atoms with Gasteiger partial charge in [0, 0.05) is 19.6 Å². The van der Waals surface area contributed by atoms with Crippen molar-refractivity contribution in [3.8, 4) is 0 Å². The van der Waals surface area contributed by atoms with Crippen molar-refractivity contribution in [1.82, 2.24) is 0 Å². The third-order valence-corrected chi connectivity index (χ3v) is 3.04. The molecule has 0 aromatic heterocycles. The van der Waals surface area contributed by atoms with Crippen LogP contribution in [-0.4, -0.2) is 24.4 Å². The minimum atomic E-state index is -0.469. The number of benzene rings is 1. The second-order valence-electron chi connectivity index (χ2n) is 4.41. The quantitative estimate of drug-likeness (QED) is 0.849. The van der Waals surface area contributed by atoms with E-state index in [4.69, 9.17) is 4.74 Å². The first-order valence-corrected chi connectivity index (χ1v) is 5.75. The number of rotatable bonds is 4. The summed E-state index contributed by atoms with van der Waals surface area (Å²) >= 11 is 0. The SMILES string of the molecule is OC(Cc1ccccc1F)CC1CCOC1. The number of ether oxygens (including phenoxy) is 1. The Labute approximate surface area is 95.1 Å². The molecule has 2 nitrogen and oxygen atoms in total. The summed E-state index contributed by atoms with van der Waals surface area (Å²) in [4.78, 5) is 0. The number of hydrogen-bond acceptors (Lipinski definition) is 2. The van der Waals surface area contributed by atoms with Gasteiger partial charge in [0.15, 0.2) is 0 Å². The van der Waals surface area contributed by atoms with E-state index in [1.165, 1.54) is 6.07 Å². The van der Waals surface area contributed by atoms with Crippen molar-refractivity contribution in [1.29, 1.82) is 0 Å². The van der Waals surface area contributed by atoms with E-state index in [1.807, 2.05) is 0 Å². The van der Waals surface area contributed by atoms with Gasteiger partial charge in [0.1, 0.15) is 5.82 Å². The highest BCUT2D eigenvalue weighted by molar-refractivity contribution is 5.18. The highest BCUT2D eigenvalue weighted by Gasteiger charge is 2.20. The summed E-state index contributed by atoms with van der Waals surface area (Å²) in [5.74, 6) is 0.200. The first kappa shape index (κ1) is 11.6. The molecular formula is C13H17FO2. The van der Waals surface area contributed by atoms with Crippen LogP contribution in [0.5, 0.6) is 0 Å². The highest BCUT2D eigenvalue weighted by atomic mass is 19.1. The Morgan fingerprint density at radius 1 is 1.44 bits per heavy atom. The molecule has 1 aliphatic heterocycles. The van der Waals surface area contributed by atoms with Crippen LogP contribution in [-0.2, 0) is 11.2 Å². The van der Waals surface area contributed by atoms with Gasteiger partial charge in [0.25, 0.3) is 0 Å². The Morgan fingerprint density at radius 3 is 2.94 bits per heavy atom. The molecule has 1 aromatic carbocycles. The van der Waals surface area contributed by atoms with Crippen LogP contribution in [0.25, 0.3) is 0 Å². The van der Waals surface area contributed by atoms with E-state index in [0.717, 1.165) is 19.6 Å². The summed E-state index contributed by atoms with van der Waals surface area (Å²) in [7, 11) is 0. The molecule has 1 heterocycles. The first-order chi connectivity index (χ1) is 7.75. The topological polar surface area (TPSA) is 29.5 Å². The minimum absolute atomic E-state index is 0.232. The van der Waals surface area contributed by atoms with Crippen molar-refractivity contribution >= 4 is 0 Å². The lowest BCUT2D eigenvalue weighted by atomic mass is 9.96. The van der Waals surface area contributed by atoms with Crippen LogP contribution in [0.15, 0.2) is 24.3 Å². The van der Waals surface area contributed by atoms with Crippen LogP contribution >= 0.6 is 0 Å². The van der Waals surface area contributed by atoms with Gasteiger partial charge in [0.05, 0.1) is 6.10 Å². The maximum Gasteiger partial charge on any atom is 0.126 e. The molecular weight excluding hydrogens is 207 g/mol. The average Bonchev–Trinajstić information content (AvgIpc) is 2.74. The standard InChI is InChI=1S/C13H17FO2/c14-13-4-2-1-3-11(13)8-12(15)7-10-5-6-16-9-10/h1-4,10,12,15H,5-9H2. The molecule has 0 saturated carbocycles. The van der Waals surface area contributed by atoms with E-state index < -0.39 is 6.10 Å². The predicted octanol–water partition coefficient (Wildman–Crippen LogP) is 2.16. The molecule has 2 rings (SSSR count). The van der Waals surface area contributed by atoms with Gasteiger partial charge in [-0.3, -0.25) is 0 Å². The molecule has 16 heavy (non-hydrogen) atoms. The molecule has 0 aliphatic carbocycles. The predicted molar refractivity (Wildman–Crippen MR) is 59.7 cm³/mol. The van der Waals surface area contributed by atoms with Crippen LogP contribution in [0.1, 0.15) is 18.4 Å². The van der Waals surface area contributed by atoms with Crippen LogP contribution in [0.3, 0.4) is 0 Å². The minimum Gasteiger partial charge on any atom is -0.393 e. The fraction of sp³-hybridized carbons (Fsp3) is 0.538. The molecule has 1 aliphatic rings. The number of aliphatic hydroxyl groups is 1. The lowest BCUT2D eigenvalue weighted by molar-refractivity contribution is 0.128. The molecule has 2 unspecified atom stereocenters. The molecule has 0 radical (unpaired) electrons. The summed E-state index contributed by atoms with van der Waals surface area (Å²) in [6.07, 6.45) is 1.63. The lowest BCUT2D eigenvalue weighted by Crippen LogP contribution is -2.17. The van der Waals surface area contributed by atoms with Gasteiger partial charge in [-0.1, -0.05) is 18.2 Å². The monoisotopic (exact) mass is 224 g/mol. The number of halogens is 1. The maximum atomic E-state index is 13.3. The zero-order valence-electron chi connectivity index (χ0n) is 9.23. The fourth-order valence-electron chi connectivity index (χ4n) is 2.16. The van der Waals surface area contributed by atoms with Gasteiger partial charge < -0.3 is 9.84 Å². The highest BCUT2D eigenvalue weighted by Crippen LogP contribution is 2.20. The lowest BCUT2D eigenvalue weighted by Gasteiger charge is -2.14. The van der Waals surface area contributed by atoms with E-state index >= 15 is 0 Å². The summed E-state index contributed by atoms with van der Waals surface area (Å²) in [6, 6.07) is 6.62. The van der Waals surface area contributed by atoms with E-state index in [2.05, 4.69) is 0 Å². The summed E-state index contributed by atoms with van der Waals surface area (Å²) in [5, 5.41) is 9.87. The summed E-state index contributed by atoms with van der Waals surface area (Å²) in [6.45, 7) is 1.52. The van der Waals surface area contributed by atoms with Gasteiger partial charge in [-0.25, -0.2) is 4.39 Å². The third-order valence-electron chi connectivity index (χ3n) is 3.04. The van der Waals surface area contributed by atoms with Crippen LogP contribution < -0.4 is 0 Å². The second-order valence-corrected chi connectivity index (χ2v) is 4.41. The summed E-state index contributed by atoms with van der Waals surface area (Å²) in [5.41, 5.74) is 0.592. The van der Waals surface area contributed by atoms with Gasteiger partial charge >= 0.3 is 0 Å². The van der Waals surface area contributed by atoms with Gasteiger partial charge in [-0.05, 0) is 30.4 Å². The Hall–Kier alpha value is -0.930. The molecule has 0 amide bonds. The third kappa shape index (κ3) is 3.03. The van der Waals surface area contributed by atoms with Gasteiger partial charge in [0.2, 0.25) is 0 Å². The molecule has 3 heteroatoms. The second kappa shape index (κ2) is 5.41. The van der Waals surface area contributed by atoms with Crippen molar-refractivity contribution in [2.75, 3.05) is 13.2 Å². The van der Waals surface area contributed by atoms with Gasteiger partial charge in [-0.15, -0.1) is 0 Å². The Balaban J connectivity index is 1.86. The van der Waals surface area contributed by atoms with Crippen LogP contribution in [0, 0.1) is 11.7 Å². The van der Waals surface area contributed by atoms with Crippen molar-refractivity contribution < 1.29 is 14.2 Å². The van der Waals surface area contributed by atoms with Crippen LogP contribution in [0.2, 0.25) is 0 Å². The van der Waals surface area contributed by atoms with Crippen molar-refractivity contribution in [3.63, 3.8) is 0 Å². The van der Waals surface area contributed by atoms with Gasteiger partial charge in [-0.2, -0.15) is 0 Å². The van der Waals surface area contributed by atoms with E-state index in [0.29, 0.717) is 24.3 Å². The smallest absolute Gasteiger partial charge is 0.126 e. The molecule has 0 bridgehead atoms. The molecule has 1 fully saturated rings. The fourth-order valence-corrected chi connectivity index (χ4v) is 2.16. The van der Waals surface area contributed by atoms with E-state index in [9.17, 15) is 9.50 Å². The number of aliphatic hydroxyl groups excluding tert-OH is 1. The van der Waals surface area contributed by atoms with Crippen LogP contribution in [0.4, 0.5) is 4.39 Å². The largest absolute Gasteiger partial charge is 0.393 e. The van der Waals surface area contributed by atoms with Crippen molar-refractivity contribution in [2.24, 2.45) is 5.92 Å². The van der Waals surface area contributed by atoms with Crippen molar-refractivity contribution in [2.45, 2.75) is 25.4 Å².